The highest BCUT2D eigenvalue weighted by Crippen LogP contribution is 2.23. The lowest BCUT2D eigenvalue weighted by Gasteiger charge is -2.10. The lowest BCUT2D eigenvalue weighted by Crippen LogP contribution is -1.95. The number of para-hydroxylation sites is 1. The minimum Gasteiger partial charge on any atom is -0.356 e. The minimum absolute atomic E-state index is 0.439. The van der Waals surface area contributed by atoms with Gasteiger partial charge in [0.05, 0.1) is 0 Å². The molecule has 2 aromatic carbocycles. The van der Waals surface area contributed by atoms with Crippen LogP contribution in [-0.4, -0.2) is 0 Å². The van der Waals surface area contributed by atoms with Crippen LogP contribution < -0.4 is 5.32 Å². The molecule has 0 spiro atoms. The Morgan fingerprint density at radius 1 is 1.19 bits per heavy atom. The molecule has 26 heavy (non-hydrogen) atoms. The third-order valence-corrected chi connectivity index (χ3v) is 3.94. The Morgan fingerprint density at radius 2 is 1.92 bits per heavy atom. The van der Waals surface area contributed by atoms with Crippen molar-refractivity contribution < 1.29 is 0 Å². The van der Waals surface area contributed by atoms with Gasteiger partial charge in [-0.2, -0.15) is 0 Å². The van der Waals surface area contributed by atoms with Gasteiger partial charge in [0.15, 0.2) is 0 Å². The van der Waals surface area contributed by atoms with E-state index >= 15 is 0 Å². The van der Waals surface area contributed by atoms with Crippen molar-refractivity contribution in [3.05, 3.63) is 108 Å². The maximum atomic E-state index is 4.07. The number of hydrogen-bond acceptors (Lipinski definition) is 1. The van der Waals surface area contributed by atoms with Crippen LogP contribution >= 0.6 is 0 Å². The molecule has 0 radical (unpaired) electrons. The molecule has 0 aliphatic carbocycles. The van der Waals surface area contributed by atoms with Crippen molar-refractivity contribution in [3.63, 3.8) is 0 Å². The molecular formula is C25H27N. The fourth-order valence-corrected chi connectivity index (χ4v) is 2.70. The average molecular weight is 341 g/mol. The van der Waals surface area contributed by atoms with E-state index in [-0.39, 0.29) is 0 Å². The Bertz CT molecular complexity index is 820. The van der Waals surface area contributed by atoms with Crippen LogP contribution in [0.5, 0.6) is 0 Å². The van der Waals surface area contributed by atoms with Gasteiger partial charge in [0.25, 0.3) is 0 Å². The molecule has 2 rings (SSSR count). The summed E-state index contributed by atoms with van der Waals surface area (Å²) >= 11 is 0. The van der Waals surface area contributed by atoms with Gasteiger partial charge in [-0.15, -0.1) is 0 Å². The summed E-state index contributed by atoms with van der Waals surface area (Å²) in [6.07, 6.45) is 8.43. The molecule has 0 saturated carbocycles. The van der Waals surface area contributed by atoms with Crippen LogP contribution in [0.15, 0.2) is 84.6 Å². The molecule has 0 saturated heterocycles. The van der Waals surface area contributed by atoms with Crippen molar-refractivity contribution in [2.24, 2.45) is 5.92 Å². The molecule has 0 aliphatic heterocycles. The number of rotatable bonds is 7. The smallest absolute Gasteiger partial charge is 0.0384 e. The minimum atomic E-state index is 0.439. The van der Waals surface area contributed by atoms with Gasteiger partial charge in [0.1, 0.15) is 0 Å². The normalized spacial score (nSPS) is 12.3. The van der Waals surface area contributed by atoms with Crippen molar-refractivity contribution >= 4 is 11.3 Å². The molecule has 1 heteroatoms. The second-order valence-corrected chi connectivity index (χ2v) is 6.74. The van der Waals surface area contributed by atoms with Crippen molar-refractivity contribution in [2.45, 2.75) is 27.7 Å². The van der Waals surface area contributed by atoms with E-state index in [1.54, 1.807) is 0 Å². The summed E-state index contributed by atoms with van der Waals surface area (Å²) in [7, 11) is 0. The zero-order valence-electron chi connectivity index (χ0n) is 16.1. The Morgan fingerprint density at radius 3 is 2.58 bits per heavy atom. The number of nitrogens with one attached hydrogen (secondary N) is 1. The number of anilines is 1. The van der Waals surface area contributed by atoms with Crippen LogP contribution in [0.4, 0.5) is 5.69 Å². The van der Waals surface area contributed by atoms with Gasteiger partial charge in [0.2, 0.25) is 0 Å². The zero-order chi connectivity index (χ0) is 18.9. The highest BCUT2D eigenvalue weighted by molar-refractivity contribution is 5.68. The number of aryl methyl sites for hydroxylation is 1. The molecule has 0 atom stereocenters. The van der Waals surface area contributed by atoms with Gasteiger partial charge in [0, 0.05) is 11.4 Å². The first-order valence-electron chi connectivity index (χ1n) is 8.93. The number of allylic oxidation sites excluding steroid dienone is 6. The standard InChI is InChI=1S/C25H27N/c1-19(2)25(23-13-9-11-21(4)18-23)16-10-12-20(3)17-22(5)26-24-14-7-6-8-15-24/h6-8,10,12-19,26H,5H2,1-4H3/b12-10-,20-17+,25-16+. The summed E-state index contributed by atoms with van der Waals surface area (Å²) in [5.74, 6) is 0.439. The molecule has 0 fully saturated rings. The summed E-state index contributed by atoms with van der Waals surface area (Å²) in [6, 6.07) is 20.4. The third-order valence-electron chi connectivity index (χ3n) is 3.94. The molecule has 0 unspecified atom stereocenters. The fourth-order valence-electron chi connectivity index (χ4n) is 2.70. The summed E-state index contributed by atoms with van der Waals surface area (Å²) in [6.45, 7) is 12.6. The van der Waals surface area contributed by atoms with Crippen LogP contribution in [-0.2, 0) is 0 Å². The first-order valence-corrected chi connectivity index (χ1v) is 8.93. The first-order chi connectivity index (χ1) is 12.5. The van der Waals surface area contributed by atoms with Gasteiger partial charge < -0.3 is 5.32 Å². The SMILES string of the molecule is C=C(/C=C(C)/C=C\C=C(\c1cc#cc(C)c1)C(C)C)Nc1ccccc1. The molecule has 132 valence electrons. The van der Waals surface area contributed by atoms with Gasteiger partial charge in [-0.3, -0.25) is 0 Å². The number of benzene rings is 1. The van der Waals surface area contributed by atoms with E-state index in [0.717, 1.165) is 22.5 Å². The van der Waals surface area contributed by atoms with Crippen LogP contribution in [0.2, 0.25) is 0 Å². The largest absolute Gasteiger partial charge is 0.356 e. The molecule has 0 amide bonds. The molecule has 0 heterocycles. The van der Waals surface area contributed by atoms with E-state index in [1.165, 1.54) is 11.1 Å². The zero-order valence-corrected chi connectivity index (χ0v) is 16.1. The Labute approximate surface area is 158 Å². The van der Waals surface area contributed by atoms with Gasteiger partial charge in [-0.1, -0.05) is 69.0 Å². The quantitative estimate of drug-likeness (QED) is 0.548. The van der Waals surface area contributed by atoms with Crippen LogP contribution in [0.3, 0.4) is 0 Å². The van der Waals surface area contributed by atoms with Crippen LogP contribution in [0, 0.1) is 25.0 Å². The van der Waals surface area contributed by atoms with E-state index in [9.17, 15) is 0 Å². The molecule has 0 bridgehead atoms. The first kappa shape index (κ1) is 19.3. The summed E-state index contributed by atoms with van der Waals surface area (Å²) in [4.78, 5) is 0. The van der Waals surface area contributed by atoms with Crippen molar-refractivity contribution in [2.75, 3.05) is 5.32 Å². The summed E-state index contributed by atoms with van der Waals surface area (Å²) < 4.78 is 0. The molecule has 2 aromatic rings. The molecular weight excluding hydrogens is 314 g/mol. The van der Waals surface area contributed by atoms with Crippen molar-refractivity contribution in [1.82, 2.24) is 0 Å². The maximum absolute atomic E-state index is 4.07. The van der Waals surface area contributed by atoms with Crippen molar-refractivity contribution in [3.8, 4) is 0 Å². The fraction of sp³-hybridized carbons (Fsp3) is 0.200. The second-order valence-electron chi connectivity index (χ2n) is 6.74. The molecule has 1 N–H and O–H groups in total. The van der Waals surface area contributed by atoms with E-state index in [1.807, 2.05) is 49.4 Å². The highest BCUT2D eigenvalue weighted by Gasteiger charge is 2.05. The molecule has 0 aliphatic rings. The Balaban J connectivity index is 2.08. The van der Waals surface area contributed by atoms with E-state index in [4.69, 9.17) is 0 Å². The van der Waals surface area contributed by atoms with E-state index in [2.05, 4.69) is 69.1 Å². The number of hydrogen-bond donors (Lipinski definition) is 1. The van der Waals surface area contributed by atoms with E-state index in [0.29, 0.717) is 5.92 Å². The lowest BCUT2D eigenvalue weighted by molar-refractivity contribution is 0.855. The summed E-state index contributed by atoms with van der Waals surface area (Å²) in [5, 5.41) is 3.29. The predicted molar refractivity (Wildman–Crippen MR) is 114 cm³/mol. The average Bonchev–Trinajstić information content (AvgIpc) is 2.59. The van der Waals surface area contributed by atoms with E-state index < -0.39 is 0 Å². The monoisotopic (exact) mass is 341 g/mol. The lowest BCUT2D eigenvalue weighted by atomic mass is 9.94. The Kier molecular flexibility index (Phi) is 7.06. The Hall–Kier alpha value is -2.98. The third kappa shape index (κ3) is 6.15. The predicted octanol–water partition coefficient (Wildman–Crippen LogP) is 6.76. The highest BCUT2D eigenvalue weighted by atomic mass is 14.9. The molecule has 1 nitrogen and oxygen atoms in total. The summed E-state index contributed by atoms with van der Waals surface area (Å²) in [5.41, 5.74) is 6.66. The van der Waals surface area contributed by atoms with Crippen LogP contribution in [0.25, 0.3) is 5.57 Å². The van der Waals surface area contributed by atoms with Gasteiger partial charge in [-0.05, 0) is 72.4 Å². The van der Waals surface area contributed by atoms with Gasteiger partial charge in [-0.25, -0.2) is 0 Å². The maximum Gasteiger partial charge on any atom is 0.0384 e. The van der Waals surface area contributed by atoms with Gasteiger partial charge >= 0.3 is 0 Å². The van der Waals surface area contributed by atoms with Crippen molar-refractivity contribution in [1.29, 1.82) is 0 Å². The molecule has 0 aromatic heterocycles. The van der Waals surface area contributed by atoms with Crippen LogP contribution in [0.1, 0.15) is 31.9 Å². The topological polar surface area (TPSA) is 12.0 Å². The second kappa shape index (κ2) is 9.49.